The lowest BCUT2D eigenvalue weighted by molar-refractivity contribution is -0.683. The molecule has 0 spiro atoms. The maximum Gasteiger partial charge on any atom is 0.348 e. The van der Waals surface area contributed by atoms with Crippen molar-refractivity contribution in [3.8, 4) is 0 Å². The second-order valence-electron chi connectivity index (χ2n) is 5.65. The van der Waals surface area contributed by atoms with Gasteiger partial charge in [0.05, 0.1) is 6.61 Å². The number of aryl methyl sites for hydroxylation is 2. The van der Waals surface area contributed by atoms with Crippen molar-refractivity contribution in [1.82, 2.24) is 4.57 Å². The van der Waals surface area contributed by atoms with Crippen molar-refractivity contribution < 1.29 is 18.9 Å². The second kappa shape index (κ2) is 7.72. The molecule has 2 rings (SSSR count). The Hall–Kier alpha value is -2.43. The Bertz CT molecular complexity index is 684. The van der Waals surface area contributed by atoms with Crippen LogP contribution in [0.1, 0.15) is 23.6 Å². The van der Waals surface area contributed by atoms with E-state index in [0.29, 0.717) is 19.6 Å². The third-order valence-electron chi connectivity index (χ3n) is 3.74. The van der Waals surface area contributed by atoms with Gasteiger partial charge in [-0.05, 0) is 37.5 Å². The fraction of sp³-hybridized carbons (Fsp3) is 0.389. The minimum atomic E-state index is -0.280. The normalized spacial score (nSPS) is 10.6. The van der Waals surface area contributed by atoms with Crippen LogP contribution in [0.15, 0.2) is 36.9 Å². The van der Waals surface area contributed by atoms with E-state index in [1.807, 2.05) is 32.0 Å². The first-order valence-electron chi connectivity index (χ1n) is 7.76. The van der Waals surface area contributed by atoms with Crippen LogP contribution in [0.5, 0.6) is 0 Å². The first kappa shape index (κ1) is 16.9. The van der Waals surface area contributed by atoms with Crippen molar-refractivity contribution in [2.45, 2.75) is 40.3 Å². The number of imidazole rings is 1. The minimum absolute atomic E-state index is 0.140. The molecule has 0 atom stereocenters. The lowest BCUT2D eigenvalue weighted by atomic mass is 9.98. The molecule has 0 unspecified atom stereocenters. The van der Waals surface area contributed by atoms with Gasteiger partial charge >= 0.3 is 5.97 Å². The Morgan fingerprint density at radius 1 is 1.22 bits per heavy atom. The average Bonchev–Trinajstić information content (AvgIpc) is 2.90. The van der Waals surface area contributed by atoms with Crippen molar-refractivity contribution in [1.29, 1.82) is 0 Å². The van der Waals surface area contributed by atoms with Gasteiger partial charge in [0.2, 0.25) is 6.33 Å². The molecule has 2 aromatic rings. The third kappa shape index (κ3) is 4.77. The van der Waals surface area contributed by atoms with Crippen LogP contribution in [0.2, 0.25) is 0 Å². The van der Waals surface area contributed by atoms with Crippen LogP contribution >= 0.6 is 0 Å². The molecule has 1 heterocycles. The molecule has 23 heavy (non-hydrogen) atoms. The van der Waals surface area contributed by atoms with E-state index < -0.39 is 0 Å². The number of aromatic nitrogens is 2. The molecule has 5 heteroatoms. The molecular weight excluding hydrogens is 292 g/mol. The summed E-state index contributed by atoms with van der Waals surface area (Å²) in [5, 5.41) is 0. The monoisotopic (exact) mass is 315 g/mol. The summed E-state index contributed by atoms with van der Waals surface area (Å²) in [5.41, 5.74) is 3.38. The zero-order valence-corrected chi connectivity index (χ0v) is 13.9. The van der Waals surface area contributed by atoms with E-state index in [0.717, 1.165) is 16.7 Å². The standard InChI is InChI=1S/C18H23N2O3/c1-4-23-18(22)12-20-9-8-19(13-20)11-16(21)10-17-14(2)6-5-7-15(17)3/h5-9,13H,4,10-12H2,1-3H3/q+1. The number of nitrogens with zero attached hydrogens (tertiary/aromatic N) is 2. The molecule has 5 nitrogen and oxygen atoms in total. The highest BCUT2D eigenvalue weighted by Gasteiger charge is 2.14. The fourth-order valence-corrected chi connectivity index (χ4v) is 2.57. The van der Waals surface area contributed by atoms with E-state index in [1.165, 1.54) is 0 Å². The van der Waals surface area contributed by atoms with Gasteiger partial charge < -0.3 is 4.74 Å². The quantitative estimate of drug-likeness (QED) is 0.578. The zero-order chi connectivity index (χ0) is 16.8. The topological polar surface area (TPSA) is 52.2 Å². The van der Waals surface area contributed by atoms with Crippen molar-refractivity contribution in [2.75, 3.05) is 6.61 Å². The van der Waals surface area contributed by atoms with E-state index in [-0.39, 0.29) is 18.3 Å². The largest absolute Gasteiger partial charge is 0.463 e. The van der Waals surface area contributed by atoms with E-state index in [2.05, 4.69) is 0 Å². The van der Waals surface area contributed by atoms with Crippen LogP contribution in [0, 0.1) is 13.8 Å². The second-order valence-corrected chi connectivity index (χ2v) is 5.65. The first-order chi connectivity index (χ1) is 11.0. The van der Waals surface area contributed by atoms with Crippen molar-refractivity contribution in [3.63, 3.8) is 0 Å². The molecule has 0 saturated carbocycles. The number of rotatable bonds is 7. The molecule has 0 aliphatic heterocycles. The maximum atomic E-state index is 12.3. The van der Waals surface area contributed by atoms with Crippen molar-refractivity contribution >= 4 is 11.8 Å². The summed E-state index contributed by atoms with van der Waals surface area (Å²) in [6.45, 7) is 6.65. The number of benzene rings is 1. The summed E-state index contributed by atoms with van der Waals surface area (Å²) in [6.07, 6.45) is 5.74. The molecule has 1 aromatic heterocycles. The molecule has 122 valence electrons. The number of carbonyl (C=O) groups excluding carboxylic acids is 2. The first-order valence-corrected chi connectivity index (χ1v) is 7.76. The van der Waals surface area contributed by atoms with Gasteiger partial charge in [-0.15, -0.1) is 0 Å². The molecule has 0 fully saturated rings. The van der Waals surface area contributed by atoms with Crippen LogP contribution in [0.4, 0.5) is 0 Å². The smallest absolute Gasteiger partial charge is 0.348 e. The summed E-state index contributed by atoms with van der Waals surface area (Å²) >= 11 is 0. The molecule has 0 bridgehead atoms. The lowest BCUT2D eigenvalue weighted by Gasteiger charge is -2.07. The summed E-state index contributed by atoms with van der Waals surface area (Å²) < 4.78 is 8.40. The third-order valence-corrected chi connectivity index (χ3v) is 3.74. The van der Waals surface area contributed by atoms with E-state index in [4.69, 9.17) is 4.74 Å². The summed E-state index contributed by atoms with van der Waals surface area (Å²) in [7, 11) is 0. The van der Waals surface area contributed by atoms with Crippen LogP contribution in [-0.4, -0.2) is 22.9 Å². The maximum absolute atomic E-state index is 12.3. The van der Waals surface area contributed by atoms with Crippen LogP contribution in [-0.2, 0) is 33.8 Å². The molecule has 0 saturated heterocycles. The number of hydrogen-bond donors (Lipinski definition) is 0. The highest BCUT2D eigenvalue weighted by Crippen LogP contribution is 2.14. The van der Waals surface area contributed by atoms with Gasteiger partial charge in [-0.25, -0.2) is 13.9 Å². The van der Waals surface area contributed by atoms with E-state index >= 15 is 0 Å². The van der Waals surface area contributed by atoms with E-state index in [9.17, 15) is 9.59 Å². The molecule has 0 radical (unpaired) electrons. The van der Waals surface area contributed by atoms with E-state index in [1.54, 1.807) is 34.8 Å². The van der Waals surface area contributed by atoms with Crippen molar-refractivity contribution in [2.24, 2.45) is 0 Å². The zero-order valence-electron chi connectivity index (χ0n) is 13.9. The molecule has 0 aliphatic rings. The van der Waals surface area contributed by atoms with Gasteiger partial charge in [0.1, 0.15) is 18.9 Å². The Morgan fingerprint density at radius 3 is 2.57 bits per heavy atom. The molecule has 0 N–H and O–H groups in total. The van der Waals surface area contributed by atoms with Gasteiger partial charge in [0, 0.05) is 6.42 Å². The summed E-state index contributed by atoms with van der Waals surface area (Å²) in [4.78, 5) is 23.7. The number of Topliss-reactive ketones (excluding diaryl/α,β-unsaturated/α-hetero) is 1. The van der Waals surface area contributed by atoms with Crippen molar-refractivity contribution in [3.05, 3.63) is 53.6 Å². The molecule has 0 aliphatic carbocycles. The van der Waals surface area contributed by atoms with Gasteiger partial charge in [-0.3, -0.25) is 4.79 Å². The van der Waals surface area contributed by atoms with Gasteiger partial charge in [-0.1, -0.05) is 18.2 Å². The highest BCUT2D eigenvalue weighted by atomic mass is 16.5. The number of carbonyl (C=O) groups is 2. The van der Waals surface area contributed by atoms with Crippen LogP contribution < -0.4 is 4.57 Å². The molecule has 0 amide bonds. The number of hydrogen-bond acceptors (Lipinski definition) is 3. The number of ether oxygens (including phenoxy) is 1. The highest BCUT2D eigenvalue weighted by molar-refractivity contribution is 5.80. The fourth-order valence-electron chi connectivity index (χ4n) is 2.57. The minimum Gasteiger partial charge on any atom is -0.463 e. The van der Waals surface area contributed by atoms with Gasteiger partial charge in [0.15, 0.2) is 12.3 Å². The Labute approximate surface area is 136 Å². The predicted octanol–water partition coefficient (Wildman–Crippen LogP) is 1.77. The Balaban J connectivity index is 1.96. The van der Waals surface area contributed by atoms with Gasteiger partial charge in [0.25, 0.3) is 0 Å². The van der Waals surface area contributed by atoms with Crippen LogP contribution in [0.25, 0.3) is 0 Å². The molecular formula is C18H23N2O3+. The SMILES string of the molecule is CCOC(=O)Cn1cc[n+](CC(=O)Cc2c(C)cccc2C)c1. The molecule has 1 aromatic carbocycles. The number of esters is 1. The predicted molar refractivity (Wildman–Crippen MR) is 85.9 cm³/mol. The average molecular weight is 315 g/mol. The Morgan fingerprint density at radius 2 is 1.91 bits per heavy atom. The summed E-state index contributed by atoms with van der Waals surface area (Å²) in [5.74, 6) is -0.140. The lowest BCUT2D eigenvalue weighted by Crippen LogP contribution is -2.36. The Kier molecular flexibility index (Phi) is 5.68. The summed E-state index contributed by atoms with van der Waals surface area (Å²) in [6, 6.07) is 6.06. The number of ketones is 1. The van der Waals surface area contributed by atoms with Crippen LogP contribution in [0.3, 0.4) is 0 Å². The van der Waals surface area contributed by atoms with Gasteiger partial charge in [-0.2, -0.15) is 0 Å².